The number of aromatic nitrogens is 3. The number of benzene rings is 2. The molecule has 0 fully saturated rings. The largest absolute Gasteiger partial charge is 0.403 e. The van der Waals surface area contributed by atoms with Crippen LogP contribution in [0.3, 0.4) is 0 Å². The zero-order valence-corrected chi connectivity index (χ0v) is 20.3. The van der Waals surface area contributed by atoms with E-state index in [4.69, 9.17) is 16.0 Å². The van der Waals surface area contributed by atoms with Gasteiger partial charge in [-0.05, 0) is 85.7 Å². The number of nitrogens with one attached hydrogen (secondary N) is 1. The maximum atomic E-state index is 13.3. The van der Waals surface area contributed by atoms with E-state index >= 15 is 0 Å². The molecule has 0 unspecified atom stereocenters. The molecule has 7 heteroatoms. The van der Waals surface area contributed by atoms with Gasteiger partial charge >= 0.3 is 6.01 Å². The molecule has 2 aromatic heterocycles. The summed E-state index contributed by atoms with van der Waals surface area (Å²) in [5.74, 6) is 0.382. The molecule has 0 saturated carbocycles. The molecule has 2 heterocycles. The zero-order chi connectivity index (χ0) is 24.4. The van der Waals surface area contributed by atoms with Crippen molar-refractivity contribution < 1.29 is 4.42 Å². The molecule has 0 aliphatic carbocycles. The lowest BCUT2D eigenvalue weighted by Gasteiger charge is -2.11. The molecule has 0 bridgehead atoms. The Balaban J connectivity index is 1.73. The smallest absolute Gasteiger partial charge is 0.320 e. The first-order chi connectivity index (χ1) is 16.3. The number of aryl methyl sites for hydroxylation is 1. The monoisotopic (exact) mass is 472 g/mol. The van der Waals surface area contributed by atoms with E-state index in [0.29, 0.717) is 16.5 Å². The Labute approximate surface area is 202 Å². The van der Waals surface area contributed by atoms with Crippen LogP contribution < -0.4 is 21.4 Å². The molecule has 0 spiro atoms. The fourth-order valence-corrected chi connectivity index (χ4v) is 3.83. The van der Waals surface area contributed by atoms with E-state index in [9.17, 15) is 4.79 Å². The molecule has 0 radical (unpaired) electrons. The van der Waals surface area contributed by atoms with E-state index in [1.807, 2.05) is 69.3 Å². The highest BCUT2D eigenvalue weighted by Gasteiger charge is 2.13. The fourth-order valence-electron chi connectivity index (χ4n) is 3.71. The van der Waals surface area contributed by atoms with Crippen molar-refractivity contribution in [1.82, 2.24) is 14.8 Å². The van der Waals surface area contributed by atoms with E-state index in [1.165, 1.54) is 0 Å². The Bertz CT molecular complexity index is 1560. The number of allylic oxidation sites excluding steroid dienone is 1. The minimum Gasteiger partial charge on any atom is -0.403 e. The second-order valence-corrected chi connectivity index (χ2v) is 8.55. The quantitative estimate of drug-likeness (QED) is 0.444. The van der Waals surface area contributed by atoms with Gasteiger partial charge in [-0.2, -0.15) is 0 Å². The lowest BCUT2D eigenvalue weighted by atomic mass is 10.00. The first-order valence-electron chi connectivity index (χ1n) is 10.8. The third kappa shape index (κ3) is 4.72. The number of anilines is 2. The number of pyridine rings is 1. The molecule has 1 N–H and O–H groups in total. The summed E-state index contributed by atoms with van der Waals surface area (Å²) in [6.07, 6.45) is 3.91. The number of hydrogen-bond acceptors (Lipinski definition) is 5. The molecule has 6 nitrogen and oxygen atoms in total. The number of nitrogens with zero attached hydrogens (tertiary/aromatic N) is 3. The summed E-state index contributed by atoms with van der Waals surface area (Å²) in [7, 11) is 1.78. The van der Waals surface area contributed by atoms with Crippen LogP contribution in [0.2, 0.25) is 5.02 Å². The van der Waals surface area contributed by atoms with Gasteiger partial charge < -0.3 is 14.3 Å². The average molecular weight is 473 g/mol. The third-order valence-corrected chi connectivity index (χ3v) is 5.73. The molecule has 4 aromatic rings. The highest BCUT2D eigenvalue weighted by Crippen LogP contribution is 2.27. The van der Waals surface area contributed by atoms with Gasteiger partial charge in [0.1, 0.15) is 0 Å². The Kier molecular flexibility index (Phi) is 6.52. The molecule has 0 atom stereocenters. The van der Waals surface area contributed by atoms with Crippen LogP contribution in [0, 0.1) is 6.92 Å². The third-order valence-electron chi connectivity index (χ3n) is 5.48. The Morgan fingerprint density at radius 2 is 1.85 bits per heavy atom. The summed E-state index contributed by atoms with van der Waals surface area (Å²) in [6.45, 7) is 9.79. The highest BCUT2D eigenvalue weighted by molar-refractivity contribution is 6.30. The van der Waals surface area contributed by atoms with E-state index in [1.54, 1.807) is 23.7 Å². The van der Waals surface area contributed by atoms with Crippen molar-refractivity contribution in [2.75, 3.05) is 5.32 Å². The molecule has 0 saturated heterocycles. The van der Waals surface area contributed by atoms with Crippen LogP contribution in [0.1, 0.15) is 19.4 Å². The van der Waals surface area contributed by atoms with Gasteiger partial charge in [-0.1, -0.05) is 41.0 Å². The van der Waals surface area contributed by atoms with Gasteiger partial charge in [-0.3, -0.25) is 4.79 Å². The molecule has 4 rings (SSSR count). The van der Waals surface area contributed by atoms with Gasteiger partial charge in [-0.15, -0.1) is 5.10 Å². The molecular weight excluding hydrogens is 448 g/mol. The van der Waals surface area contributed by atoms with Crippen molar-refractivity contribution >= 4 is 35.5 Å². The van der Waals surface area contributed by atoms with Crippen LogP contribution in [0.15, 0.2) is 69.9 Å². The van der Waals surface area contributed by atoms with Gasteiger partial charge in [0.05, 0.1) is 5.35 Å². The lowest BCUT2D eigenvalue weighted by molar-refractivity contribution is 0.587. The van der Waals surface area contributed by atoms with Gasteiger partial charge in [-0.25, -0.2) is 0 Å². The number of rotatable bonds is 5. The van der Waals surface area contributed by atoms with Crippen molar-refractivity contribution in [1.29, 1.82) is 0 Å². The van der Waals surface area contributed by atoms with E-state index in [0.717, 1.165) is 38.5 Å². The van der Waals surface area contributed by atoms with Crippen LogP contribution in [-0.2, 0) is 7.05 Å². The standard InChI is InChI=1S/C27H25ClN4O2/c1-6-18-14-23(26(33)32(5)24(18)13-16(2)3)22-15-21(12-7-17(22)4)29-27-31-30-25(34-27)19-8-10-20(28)11-9-19/h6-15H,2H2,1,3-5H3,(H,29,31)/b18-6?,24-13+. The summed E-state index contributed by atoms with van der Waals surface area (Å²) in [5.41, 5.74) is 4.72. The minimum atomic E-state index is -0.0823. The highest BCUT2D eigenvalue weighted by atomic mass is 35.5. The van der Waals surface area contributed by atoms with Crippen LogP contribution in [0.5, 0.6) is 0 Å². The maximum Gasteiger partial charge on any atom is 0.320 e. The van der Waals surface area contributed by atoms with Crippen LogP contribution in [-0.4, -0.2) is 14.8 Å². The molecule has 0 amide bonds. The van der Waals surface area contributed by atoms with Gasteiger partial charge in [0.2, 0.25) is 5.89 Å². The summed E-state index contributed by atoms with van der Waals surface area (Å²) in [5, 5.41) is 13.8. The van der Waals surface area contributed by atoms with Crippen molar-refractivity contribution in [3.63, 3.8) is 0 Å². The predicted molar refractivity (Wildman–Crippen MR) is 139 cm³/mol. The van der Waals surface area contributed by atoms with Gasteiger partial charge in [0.25, 0.3) is 5.56 Å². The second kappa shape index (κ2) is 9.53. The van der Waals surface area contributed by atoms with Gasteiger partial charge in [0, 0.05) is 28.9 Å². The maximum absolute atomic E-state index is 13.3. The van der Waals surface area contributed by atoms with Crippen LogP contribution >= 0.6 is 11.6 Å². The zero-order valence-electron chi connectivity index (χ0n) is 19.5. The van der Waals surface area contributed by atoms with E-state index in [-0.39, 0.29) is 11.6 Å². The molecule has 0 aliphatic heterocycles. The van der Waals surface area contributed by atoms with Crippen molar-refractivity contribution in [3.8, 4) is 22.6 Å². The first kappa shape index (κ1) is 23.3. The lowest BCUT2D eigenvalue weighted by Crippen LogP contribution is -2.42. The normalized spacial score (nSPS) is 12.3. The molecule has 34 heavy (non-hydrogen) atoms. The molecule has 172 valence electrons. The molecular formula is C27H25ClN4O2. The van der Waals surface area contributed by atoms with Crippen LogP contribution in [0.4, 0.5) is 11.7 Å². The van der Waals surface area contributed by atoms with Crippen molar-refractivity contribution in [3.05, 3.63) is 92.2 Å². The summed E-state index contributed by atoms with van der Waals surface area (Å²) in [6, 6.07) is 15.1. The SMILES string of the molecule is C=C(C)/C=c1\c(=CC)cc(-c2cc(Nc3nnc(-c4ccc(Cl)cc4)o3)ccc2C)c(=O)n1C. The number of hydrogen-bond donors (Lipinski definition) is 1. The summed E-state index contributed by atoms with van der Waals surface area (Å²) >= 11 is 5.95. The fraction of sp³-hybridized carbons (Fsp3) is 0.148. The van der Waals surface area contributed by atoms with Crippen LogP contribution in [0.25, 0.3) is 34.7 Å². The predicted octanol–water partition coefficient (Wildman–Crippen LogP) is 4.96. The number of halogens is 1. The minimum absolute atomic E-state index is 0.0823. The topological polar surface area (TPSA) is 73.0 Å². The Hall–Kier alpha value is -3.90. The van der Waals surface area contributed by atoms with Crippen molar-refractivity contribution in [2.45, 2.75) is 20.8 Å². The average Bonchev–Trinajstić information content (AvgIpc) is 3.27. The second-order valence-electron chi connectivity index (χ2n) is 8.12. The summed E-state index contributed by atoms with van der Waals surface area (Å²) < 4.78 is 7.42. The molecule has 2 aromatic carbocycles. The van der Waals surface area contributed by atoms with Crippen molar-refractivity contribution in [2.24, 2.45) is 7.05 Å². The van der Waals surface area contributed by atoms with E-state index < -0.39 is 0 Å². The first-order valence-corrected chi connectivity index (χ1v) is 11.2. The summed E-state index contributed by atoms with van der Waals surface area (Å²) in [4.78, 5) is 13.3. The molecule has 0 aliphatic rings. The Morgan fingerprint density at radius 1 is 1.12 bits per heavy atom. The van der Waals surface area contributed by atoms with Gasteiger partial charge in [0.15, 0.2) is 0 Å². The van der Waals surface area contributed by atoms with E-state index in [2.05, 4.69) is 22.1 Å². The Morgan fingerprint density at radius 3 is 2.53 bits per heavy atom.